The predicted molar refractivity (Wildman–Crippen MR) is 91.7 cm³/mol. The third-order valence-corrected chi connectivity index (χ3v) is 4.22. The van der Waals surface area contributed by atoms with Gasteiger partial charge in [-0.05, 0) is 24.6 Å². The molecule has 7 nitrogen and oxygen atoms in total. The molecule has 0 radical (unpaired) electrons. The predicted octanol–water partition coefficient (Wildman–Crippen LogP) is 2.14. The smallest absolute Gasteiger partial charge is 0.247 e. The SMILES string of the molecule is Cc1cnn(C[C@@H]2CN(Cc3nnc(-c4ccccc4)o3)CCO2)c1. The van der Waals surface area contributed by atoms with Gasteiger partial charge in [0.1, 0.15) is 0 Å². The van der Waals surface area contributed by atoms with E-state index in [0.29, 0.717) is 24.9 Å². The van der Waals surface area contributed by atoms with Crippen LogP contribution in [-0.2, 0) is 17.8 Å². The van der Waals surface area contributed by atoms with Crippen LogP contribution in [0.4, 0.5) is 0 Å². The van der Waals surface area contributed by atoms with E-state index >= 15 is 0 Å². The van der Waals surface area contributed by atoms with Gasteiger partial charge in [0.05, 0.1) is 32.0 Å². The summed E-state index contributed by atoms with van der Waals surface area (Å²) >= 11 is 0. The molecule has 2 aromatic heterocycles. The first-order valence-electron chi connectivity index (χ1n) is 8.47. The fraction of sp³-hybridized carbons (Fsp3) is 0.389. The molecule has 0 N–H and O–H groups in total. The average Bonchev–Trinajstić information content (AvgIpc) is 3.25. The maximum Gasteiger partial charge on any atom is 0.247 e. The van der Waals surface area contributed by atoms with E-state index in [1.165, 1.54) is 0 Å². The lowest BCUT2D eigenvalue weighted by Gasteiger charge is -2.31. The van der Waals surface area contributed by atoms with Gasteiger partial charge in [0, 0.05) is 24.8 Å². The normalized spacial score (nSPS) is 18.5. The molecule has 0 unspecified atom stereocenters. The van der Waals surface area contributed by atoms with Crippen LogP contribution in [0.2, 0.25) is 0 Å². The summed E-state index contributed by atoms with van der Waals surface area (Å²) in [4.78, 5) is 2.28. The number of nitrogens with zero attached hydrogens (tertiary/aromatic N) is 5. The van der Waals surface area contributed by atoms with Gasteiger partial charge in [-0.1, -0.05) is 18.2 Å². The first-order valence-corrected chi connectivity index (χ1v) is 8.47. The minimum absolute atomic E-state index is 0.115. The van der Waals surface area contributed by atoms with Gasteiger partial charge in [0.15, 0.2) is 0 Å². The summed E-state index contributed by atoms with van der Waals surface area (Å²) in [6.45, 7) is 5.81. The summed E-state index contributed by atoms with van der Waals surface area (Å²) in [5.41, 5.74) is 2.10. The van der Waals surface area contributed by atoms with E-state index in [1.807, 2.05) is 54.3 Å². The van der Waals surface area contributed by atoms with Gasteiger partial charge in [-0.3, -0.25) is 9.58 Å². The first kappa shape index (κ1) is 16.0. The molecular formula is C18H21N5O2. The summed E-state index contributed by atoms with van der Waals surface area (Å²) in [7, 11) is 0. The summed E-state index contributed by atoms with van der Waals surface area (Å²) in [5.74, 6) is 1.20. The number of hydrogen-bond donors (Lipinski definition) is 0. The Balaban J connectivity index is 1.37. The summed E-state index contributed by atoms with van der Waals surface area (Å²) in [6.07, 6.45) is 4.01. The second kappa shape index (κ2) is 7.16. The molecule has 0 saturated carbocycles. The molecule has 0 spiro atoms. The zero-order valence-corrected chi connectivity index (χ0v) is 14.2. The molecule has 7 heteroatoms. The van der Waals surface area contributed by atoms with Crippen LogP contribution in [0.3, 0.4) is 0 Å². The minimum Gasteiger partial charge on any atom is -0.419 e. The first-order chi connectivity index (χ1) is 12.3. The van der Waals surface area contributed by atoms with Gasteiger partial charge in [0.25, 0.3) is 0 Å². The summed E-state index contributed by atoms with van der Waals surface area (Å²) in [5, 5.41) is 12.7. The van der Waals surface area contributed by atoms with Crippen LogP contribution < -0.4 is 0 Å². The molecule has 1 aliphatic rings. The Morgan fingerprint density at radius 1 is 1.20 bits per heavy atom. The number of benzene rings is 1. The van der Waals surface area contributed by atoms with E-state index in [4.69, 9.17) is 9.15 Å². The minimum atomic E-state index is 0.115. The van der Waals surface area contributed by atoms with Crippen molar-refractivity contribution in [3.05, 3.63) is 54.2 Å². The molecule has 25 heavy (non-hydrogen) atoms. The van der Waals surface area contributed by atoms with Crippen LogP contribution in [0.25, 0.3) is 11.5 Å². The Morgan fingerprint density at radius 3 is 2.88 bits per heavy atom. The number of rotatable bonds is 5. The molecule has 1 aromatic carbocycles. The number of hydrogen-bond acceptors (Lipinski definition) is 6. The van der Waals surface area contributed by atoms with Crippen molar-refractivity contribution in [3.8, 4) is 11.5 Å². The molecule has 0 bridgehead atoms. The average molecular weight is 339 g/mol. The van der Waals surface area contributed by atoms with Crippen LogP contribution >= 0.6 is 0 Å². The highest BCUT2D eigenvalue weighted by atomic mass is 16.5. The van der Waals surface area contributed by atoms with Crippen molar-refractivity contribution in [3.63, 3.8) is 0 Å². The number of ether oxygens (including phenoxy) is 1. The largest absolute Gasteiger partial charge is 0.419 e. The van der Waals surface area contributed by atoms with E-state index in [0.717, 1.165) is 30.8 Å². The van der Waals surface area contributed by atoms with Gasteiger partial charge in [-0.25, -0.2) is 0 Å². The molecule has 1 aliphatic heterocycles. The van der Waals surface area contributed by atoms with Gasteiger partial charge in [-0.2, -0.15) is 5.10 Å². The van der Waals surface area contributed by atoms with E-state index in [9.17, 15) is 0 Å². The van der Waals surface area contributed by atoms with Gasteiger partial charge in [0.2, 0.25) is 11.8 Å². The van der Waals surface area contributed by atoms with Gasteiger partial charge >= 0.3 is 0 Å². The summed E-state index contributed by atoms with van der Waals surface area (Å²) < 4.78 is 13.6. The van der Waals surface area contributed by atoms with E-state index in [2.05, 4.69) is 20.2 Å². The topological polar surface area (TPSA) is 69.2 Å². The van der Waals surface area contributed by atoms with Crippen LogP contribution in [0.5, 0.6) is 0 Å². The lowest BCUT2D eigenvalue weighted by atomic mass is 10.2. The standard InChI is InChI=1S/C18H21N5O2/c1-14-9-19-23(10-14)12-16-11-22(7-8-24-16)13-17-20-21-18(25-17)15-5-3-2-4-6-15/h2-6,9-10,16H,7-8,11-13H2,1H3/t16-/m0/s1. The number of morpholine rings is 1. The number of aryl methyl sites for hydroxylation is 1. The highest BCUT2D eigenvalue weighted by molar-refractivity contribution is 5.51. The monoisotopic (exact) mass is 339 g/mol. The third kappa shape index (κ3) is 3.94. The Labute approximate surface area is 146 Å². The second-order valence-electron chi connectivity index (χ2n) is 6.33. The fourth-order valence-electron chi connectivity index (χ4n) is 3.02. The van der Waals surface area contributed by atoms with Gasteiger partial charge < -0.3 is 9.15 Å². The van der Waals surface area contributed by atoms with Crippen LogP contribution in [0.1, 0.15) is 11.5 Å². The molecule has 3 heterocycles. The van der Waals surface area contributed by atoms with Crippen molar-refractivity contribution in [1.82, 2.24) is 24.9 Å². The molecule has 1 saturated heterocycles. The van der Waals surface area contributed by atoms with Crippen molar-refractivity contribution in [2.24, 2.45) is 0 Å². The van der Waals surface area contributed by atoms with Crippen molar-refractivity contribution in [2.45, 2.75) is 26.1 Å². The van der Waals surface area contributed by atoms with Crippen LogP contribution in [0.15, 0.2) is 47.1 Å². The second-order valence-corrected chi connectivity index (χ2v) is 6.33. The van der Waals surface area contributed by atoms with E-state index < -0.39 is 0 Å². The zero-order valence-electron chi connectivity index (χ0n) is 14.2. The Kier molecular flexibility index (Phi) is 4.58. The van der Waals surface area contributed by atoms with E-state index in [1.54, 1.807) is 0 Å². The van der Waals surface area contributed by atoms with Crippen molar-refractivity contribution in [2.75, 3.05) is 19.7 Å². The molecular weight excluding hydrogens is 318 g/mol. The van der Waals surface area contributed by atoms with Crippen molar-refractivity contribution in [1.29, 1.82) is 0 Å². The Hall–Kier alpha value is -2.51. The maximum absolute atomic E-state index is 5.86. The quantitative estimate of drug-likeness (QED) is 0.709. The van der Waals surface area contributed by atoms with E-state index in [-0.39, 0.29) is 6.10 Å². The molecule has 130 valence electrons. The van der Waals surface area contributed by atoms with Crippen molar-refractivity contribution >= 4 is 0 Å². The highest BCUT2D eigenvalue weighted by Crippen LogP contribution is 2.18. The Morgan fingerprint density at radius 2 is 2.08 bits per heavy atom. The highest BCUT2D eigenvalue weighted by Gasteiger charge is 2.23. The molecule has 0 amide bonds. The van der Waals surface area contributed by atoms with Crippen LogP contribution in [0, 0.1) is 6.92 Å². The Bertz CT molecular complexity index is 814. The van der Waals surface area contributed by atoms with Crippen molar-refractivity contribution < 1.29 is 9.15 Å². The van der Waals surface area contributed by atoms with Crippen LogP contribution in [-0.4, -0.2) is 50.7 Å². The third-order valence-electron chi connectivity index (χ3n) is 4.22. The molecule has 1 atom stereocenters. The molecule has 1 fully saturated rings. The lowest BCUT2D eigenvalue weighted by molar-refractivity contribution is -0.0422. The maximum atomic E-state index is 5.86. The van der Waals surface area contributed by atoms with Gasteiger partial charge in [-0.15, -0.1) is 10.2 Å². The molecule has 3 aromatic rings. The molecule has 4 rings (SSSR count). The number of aromatic nitrogens is 4. The summed E-state index contributed by atoms with van der Waals surface area (Å²) in [6, 6.07) is 9.82. The molecule has 0 aliphatic carbocycles. The zero-order chi connectivity index (χ0) is 17.1. The lowest BCUT2D eigenvalue weighted by Crippen LogP contribution is -2.43. The fourth-order valence-corrected chi connectivity index (χ4v) is 3.02.